The number of hydrogen-bond acceptors (Lipinski definition) is 4. The Hall–Kier alpha value is -1.89. The molecule has 0 unspecified atom stereocenters. The molecule has 24 heavy (non-hydrogen) atoms. The first-order valence-electron chi connectivity index (χ1n) is 8.30. The molecule has 1 aliphatic rings. The van der Waals surface area contributed by atoms with Crippen LogP contribution in [0.25, 0.3) is 11.4 Å². The standard InChI is InChI=1S/C17H21FN4OS/c1-2-3-10-19-15(23)11-24-17-21-20-16(22(17)12-8-9-12)13-6-4-5-7-14(13)18/h4-7,12H,2-3,8-11H2,1H3,(H,19,23). The molecule has 0 bridgehead atoms. The third kappa shape index (κ3) is 3.95. The van der Waals surface area contributed by atoms with Gasteiger partial charge < -0.3 is 5.32 Å². The Morgan fingerprint density at radius 3 is 2.88 bits per heavy atom. The van der Waals surface area contributed by atoms with Gasteiger partial charge in [0, 0.05) is 12.6 Å². The topological polar surface area (TPSA) is 59.8 Å². The van der Waals surface area contributed by atoms with Crippen molar-refractivity contribution in [2.24, 2.45) is 0 Å². The molecule has 1 saturated carbocycles. The lowest BCUT2D eigenvalue weighted by atomic mass is 10.2. The maximum absolute atomic E-state index is 14.1. The van der Waals surface area contributed by atoms with Crippen molar-refractivity contribution in [3.63, 3.8) is 0 Å². The first-order chi connectivity index (χ1) is 11.7. The van der Waals surface area contributed by atoms with Crippen LogP contribution in [0, 0.1) is 5.82 Å². The number of amides is 1. The molecule has 5 nitrogen and oxygen atoms in total. The lowest BCUT2D eigenvalue weighted by Crippen LogP contribution is -2.26. The Balaban J connectivity index is 1.73. The molecule has 0 aliphatic heterocycles. The number of unbranched alkanes of at least 4 members (excludes halogenated alkanes) is 1. The van der Waals surface area contributed by atoms with E-state index in [-0.39, 0.29) is 11.7 Å². The van der Waals surface area contributed by atoms with Crippen LogP contribution in [0.2, 0.25) is 0 Å². The van der Waals surface area contributed by atoms with Crippen LogP contribution in [-0.2, 0) is 4.79 Å². The van der Waals surface area contributed by atoms with Gasteiger partial charge in [-0.15, -0.1) is 10.2 Å². The molecule has 3 rings (SSSR count). The van der Waals surface area contributed by atoms with Gasteiger partial charge in [0.1, 0.15) is 5.82 Å². The molecule has 0 spiro atoms. The summed E-state index contributed by atoms with van der Waals surface area (Å²) in [5.74, 6) is 0.530. The van der Waals surface area contributed by atoms with Crippen LogP contribution in [0.5, 0.6) is 0 Å². The monoisotopic (exact) mass is 348 g/mol. The first kappa shape index (κ1) is 17.0. The van der Waals surface area contributed by atoms with E-state index in [0.29, 0.717) is 34.9 Å². The summed E-state index contributed by atoms with van der Waals surface area (Å²) in [5.41, 5.74) is 0.455. The predicted octanol–water partition coefficient (Wildman–Crippen LogP) is 3.43. The van der Waals surface area contributed by atoms with Crippen molar-refractivity contribution in [2.45, 2.75) is 43.8 Å². The van der Waals surface area contributed by atoms with Gasteiger partial charge >= 0.3 is 0 Å². The summed E-state index contributed by atoms with van der Waals surface area (Å²) in [7, 11) is 0. The van der Waals surface area contributed by atoms with Gasteiger partial charge in [0.15, 0.2) is 11.0 Å². The van der Waals surface area contributed by atoms with Gasteiger partial charge in [0.05, 0.1) is 11.3 Å². The van der Waals surface area contributed by atoms with Crippen LogP contribution in [0.4, 0.5) is 4.39 Å². The minimum absolute atomic E-state index is 0.00811. The van der Waals surface area contributed by atoms with Crippen LogP contribution in [0.3, 0.4) is 0 Å². The second-order valence-corrected chi connectivity index (χ2v) is 6.82. The number of rotatable bonds is 8. The number of carbonyl (C=O) groups is 1. The molecule has 0 saturated heterocycles. The second-order valence-electron chi connectivity index (χ2n) is 5.88. The van der Waals surface area contributed by atoms with Crippen molar-refractivity contribution in [3.8, 4) is 11.4 Å². The highest BCUT2D eigenvalue weighted by Gasteiger charge is 2.31. The smallest absolute Gasteiger partial charge is 0.230 e. The first-order valence-corrected chi connectivity index (χ1v) is 9.28. The van der Waals surface area contributed by atoms with Crippen molar-refractivity contribution in [2.75, 3.05) is 12.3 Å². The van der Waals surface area contributed by atoms with Gasteiger partial charge in [-0.1, -0.05) is 37.2 Å². The van der Waals surface area contributed by atoms with Crippen molar-refractivity contribution in [1.29, 1.82) is 0 Å². The molecule has 1 aliphatic carbocycles. The maximum Gasteiger partial charge on any atom is 0.230 e. The summed E-state index contributed by atoms with van der Waals surface area (Å²) in [6.07, 6.45) is 4.10. The number of halogens is 1. The molecule has 7 heteroatoms. The number of aromatic nitrogens is 3. The van der Waals surface area contributed by atoms with Crippen LogP contribution < -0.4 is 5.32 Å². The number of thioether (sulfide) groups is 1. The molecule has 1 fully saturated rings. The maximum atomic E-state index is 14.1. The summed E-state index contributed by atoms with van der Waals surface area (Å²) in [6, 6.07) is 6.89. The Bertz CT molecular complexity index is 714. The second kappa shape index (κ2) is 7.79. The SMILES string of the molecule is CCCCNC(=O)CSc1nnc(-c2ccccc2F)n1C1CC1. The van der Waals surface area contributed by atoms with Crippen LogP contribution in [0.1, 0.15) is 38.6 Å². The molecule has 1 amide bonds. The van der Waals surface area contributed by atoms with Gasteiger partial charge in [-0.25, -0.2) is 4.39 Å². The molecular weight excluding hydrogens is 327 g/mol. The molecule has 1 heterocycles. The molecule has 128 valence electrons. The molecule has 2 aromatic rings. The van der Waals surface area contributed by atoms with Crippen LogP contribution in [-0.4, -0.2) is 33.0 Å². The molecule has 1 aromatic heterocycles. The zero-order valence-electron chi connectivity index (χ0n) is 13.7. The lowest BCUT2D eigenvalue weighted by molar-refractivity contribution is -0.118. The Kier molecular flexibility index (Phi) is 5.50. The van der Waals surface area contributed by atoms with E-state index in [1.807, 2.05) is 4.57 Å². The van der Waals surface area contributed by atoms with Crippen molar-refractivity contribution < 1.29 is 9.18 Å². The van der Waals surface area contributed by atoms with Gasteiger partial charge in [-0.2, -0.15) is 0 Å². The van der Waals surface area contributed by atoms with Crippen molar-refractivity contribution >= 4 is 17.7 Å². The number of nitrogens with zero attached hydrogens (tertiary/aromatic N) is 3. The Morgan fingerprint density at radius 1 is 1.38 bits per heavy atom. The molecule has 0 atom stereocenters. The number of hydrogen-bond donors (Lipinski definition) is 1. The van der Waals surface area contributed by atoms with Crippen molar-refractivity contribution in [1.82, 2.24) is 20.1 Å². The van der Waals surface area contributed by atoms with E-state index in [4.69, 9.17) is 0 Å². The zero-order chi connectivity index (χ0) is 16.9. The fourth-order valence-corrected chi connectivity index (χ4v) is 3.28. The third-order valence-corrected chi connectivity index (χ3v) is 4.82. The number of benzene rings is 1. The molecule has 1 N–H and O–H groups in total. The highest BCUT2D eigenvalue weighted by Crippen LogP contribution is 2.41. The summed E-state index contributed by atoms with van der Waals surface area (Å²) < 4.78 is 16.1. The quantitative estimate of drug-likeness (QED) is 0.586. The zero-order valence-corrected chi connectivity index (χ0v) is 14.5. The van der Waals surface area contributed by atoms with E-state index >= 15 is 0 Å². The van der Waals surface area contributed by atoms with E-state index in [0.717, 1.165) is 25.7 Å². The Morgan fingerprint density at radius 2 is 2.17 bits per heavy atom. The summed E-state index contributed by atoms with van der Waals surface area (Å²) >= 11 is 1.36. The predicted molar refractivity (Wildman–Crippen MR) is 92.3 cm³/mol. The Labute approximate surface area is 145 Å². The molecular formula is C17H21FN4OS. The highest BCUT2D eigenvalue weighted by molar-refractivity contribution is 7.99. The van der Waals surface area contributed by atoms with E-state index in [1.54, 1.807) is 18.2 Å². The van der Waals surface area contributed by atoms with Gasteiger partial charge in [0.2, 0.25) is 5.91 Å². The third-order valence-electron chi connectivity index (χ3n) is 3.88. The van der Waals surface area contributed by atoms with Crippen LogP contribution in [0.15, 0.2) is 29.4 Å². The van der Waals surface area contributed by atoms with Crippen molar-refractivity contribution in [3.05, 3.63) is 30.1 Å². The number of nitrogens with one attached hydrogen (secondary N) is 1. The van der Waals surface area contributed by atoms with E-state index in [2.05, 4.69) is 22.4 Å². The fraction of sp³-hybridized carbons (Fsp3) is 0.471. The average Bonchev–Trinajstić information content (AvgIpc) is 3.33. The fourth-order valence-electron chi connectivity index (χ4n) is 2.45. The highest BCUT2D eigenvalue weighted by atomic mass is 32.2. The van der Waals surface area contributed by atoms with E-state index in [1.165, 1.54) is 17.8 Å². The normalized spacial score (nSPS) is 13.9. The van der Waals surface area contributed by atoms with Gasteiger partial charge in [-0.3, -0.25) is 9.36 Å². The molecule has 1 aromatic carbocycles. The lowest BCUT2D eigenvalue weighted by Gasteiger charge is -2.09. The minimum Gasteiger partial charge on any atom is -0.355 e. The average molecular weight is 348 g/mol. The number of carbonyl (C=O) groups excluding carboxylic acids is 1. The molecule has 0 radical (unpaired) electrons. The summed E-state index contributed by atoms with van der Waals surface area (Å²) in [5, 5.41) is 11.9. The van der Waals surface area contributed by atoms with E-state index in [9.17, 15) is 9.18 Å². The van der Waals surface area contributed by atoms with Gasteiger partial charge in [0.25, 0.3) is 0 Å². The summed E-state index contributed by atoms with van der Waals surface area (Å²) in [4.78, 5) is 11.9. The minimum atomic E-state index is -0.305. The largest absolute Gasteiger partial charge is 0.355 e. The van der Waals surface area contributed by atoms with E-state index < -0.39 is 0 Å². The van der Waals surface area contributed by atoms with Gasteiger partial charge in [-0.05, 0) is 31.4 Å². The van der Waals surface area contributed by atoms with Crippen LogP contribution >= 0.6 is 11.8 Å². The summed E-state index contributed by atoms with van der Waals surface area (Å²) in [6.45, 7) is 2.79.